The number of halogens is 1. The highest BCUT2D eigenvalue weighted by molar-refractivity contribution is 6.30. The number of aromatic nitrogens is 5. The van der Waals surface area contributed by atoms with E-state index in [1.54, 1.807) is 17.3 Å². The summed E-state index contributed by atoms with van der Waals surface area (Å²) in [6.07, 6.45) is 3.12. The van der Waals surface area contributed by atoms with Crippen LogP contribution in [0.1, 0.15) is 0 Å². The molecule has 0 atom stereocenters. The van der Waals surface area contributed by atoms with Gasteiger partial charge >= 0.3 is 0 Å². The fourth-order valence-electron chi connectivity index (χ4n) is 2.39. The van der Waals surface area contributed by atoms with Gasteiger partial charge in [0.1, 0.15) is 18.3 Å². The maximum Gasteiger partial charge on any atom is 0.175 e. The molecule has 7 heteroatoms. The molecule has 0 saturated heterocycles. The SMILES string of the molecule is Clc1ccc(-c2nnc(Nn3cnnc3)c3ccccc23)cc1. The first kappa shape index (κ1) is 13.7. The zero-order valence-electron chi connectivity index (χ0n) is 11.9. The monoisotopic (exact) mass is 322 g/mol. The molecule has 0 unspecified atom stereocenters. The standard InChI is InChI=1S/C16H11ClN6/c17-12-7-5-11(6-8-12)15-13-3-1-2-4-14(13)16(21-20-15)22-23-9-18-19-10-23/h1-10H,(H,21,22). The molecule has 4 aromatic rings. The number of fused-ring (bicyclic) bond motifs is 1. The average molecular weight is 323 g/mol. The Morgan fingerprint density at radius 2 is 1.52 bits per heavy atom. The summed E-state index contributed by atoms with van der Waals surface area (Å²) >= 11 is 5.96. The molecule has 112 valence electrons. The number of rotatable bonds is 3. The molecule has 0 aliphatic heterocycles. The molecule has 0 aliphatic rings. The molecule has 6 nitrogen and oxygen atoms in total. The molecule has 0 saturated carbocycles. The van der Waals surface area contributed by atoms with Gasteiger partial charge < -0.3 is 0 Å². The van der Waals surface area contributed by atoms with Gasteiger partial charge in [-0.3, -0.25) is 5.43 Å². The minimum absolute atomic E-state index is 0.637. The summed E-state index contributed by atoms with van der Waals surface area (Å²) in [6.45, 7) is 0. The van der Waals surface area contributed by atoms with Gasteiger partial charge in [0.2, 0.25) is 0 Å². The molecule has 1 N–H and O–H groups in total. The van der Waals surface area contributed by atoms with Gasteiger partial charge in [-0.25, -0.2) is 4.68 Å². The first-order valence-electron chi connectivity index (χ1n) is 6.94. The average Bonchev–Trinajstić information content (AvgIpc) is 3.09. The highest BCUT2D eigenvalue weighted by Crippen LogP contribution is 2.30. The van der Waals surface area contributed by atoms with Gasteiger partial charge in [-0.05, 0) is 12.1 Å². The van der Waals surface area contributed by atoms with E-state index in [0.717, 1.165) is 22.0 Å². The minimum atomic E-state index is 0.637. The maximum atomic E-state index is 5.96. The van der Waals surface area contributed by atoms with Crippen molar-refractivity contribution in [3.63, 3.8) is 0 Å². The zero-order chi connectivity index (χ0) is 15.6. The molecular weight excluding hydrogens is 312 g/mol. The molecule has 0 amide bonds. The lowest BCUT2D eigenvalue weighted by Gasteiger charge is -2.11. The number of nitrogens with one attached hydrogen (secondary N) is 1. The summed E-state index contributed by atoms with van der Waals surface area (Å²) in [7, 11) is 0. The Morgan fingerprint density at radius 1 is 0.826 bits per heavy atom. The lowest BCUT2D eigenvalue weighted by molar-refractivity contribution is 0.917. The fraction of sp³-hybridized carbons (Fsp3) is 0. The highest BCUT2D eigenvalue weighted by Gasteiger charge is 2.11. The van der Waals surface area contributed by atoms with Crippen molar-refractivity contribution in [2.24, 2.45) is 0 Å². The number of nitrogens with zero attached hydrogens (tertiary/aromatic N) is 5. The second-order valence-corrected chi connectivity index (χ2v) is 5.37. The summed E-state index contributed by atoms with van der Waals surface area (Å²) in [5, 5.41) is 18.9. The molecule has 0 spiro atoms. The molecule has 23 heavy (non-hydrogen) atoms. The first-order chi connectivity index (χ1) is 11.3. The van der Waals surface area contributed by atoms with E-state index in [0.29, 0.717) is 10.8 Å². The lowest BCUT2D eigenvalue weighted by atomic mass is 10.0. The van der Waals surface area contributed by atoms with Crippen molar-refractivity contribution in [3.05, 3.63) is 66.2 Å². The van der Waals surface area contributed by atoms with Crippen LogP contribution in [0.15, 0.2) is 61.2 Å². The van der Waals surface area contributed by atoms with Crippen molar-refractivity contribution in [3.8, 4) is 11.3 Å². The van der Waals surface area contributed by atoms with E-state index >= 15 is 0 Å². The van der Waals surface area contributed by atoms with Gasteiger partial charge in [-0.15, -0.1) is 20.4 Å². The third kappa shape index (κ3) is 2.60. The van der Waals surface area contributed by atoms with Gasteiger partial charge in [0.05, 0.1) is 0 Å². The van der Waals surface area contributed by atoms with Crippen LogP contribution in [0.25, 0.3) is 22.0 Å². The predicted molar refractivity (Wildman–Crippen MR) is 89.0 cm³/mol. The summed E-state index contributed by atoms with van der Waals surface area (Å²) in [5.41, 5.74) is 4.89. The maximum absolute atomic E-state index is 5.96. The molecule has 0 bridgehead atoms. The van der Waals surface area contributed by atoms with Crippen LogP contribution in [0, 0.1) is 0 Å². The summed E-state index contributed by atoms with van der Waals surface area (Å²) in [4.78, 5) is 0. The predicted octanol–water partition coefficient (Wildman–Crippen LogP) is 3.42. The van der Waals surface area contributed by atoms with Crippen molar-refractivity contribution < 1.29 is 0 Å². The Morgan fingerprint density at radius 3 is 2.26 bits per heavy atom. The number of hydrogen-bond acceptors (Lipinski definition) is 5. The van der Waals surface area contributed by atoms with E-state index in [1.807, 2.05) is 48.5 Å². The molecule has 2 aromatic heterocycles. The second-order valence-electron chi connectivity index (χ2n) is 4.93. The van der Waals surface area contributed by atoms with Crippen molar-refractivity contribution in [2.75, 3.05) is 5.43 Å². The molecule has 0 fully saturated rings. The van der Waals surface area contributed by atoms with E-state index in [9.17, 15) is 0 Å². The summed E-state index contributed by atoms with van der Waals surface area (Å²) < 4.78 is 1.62. The molecule has 4 rings (SSSR count). The van der Waals surface area contributed by atoms with Crippen LogP contribution in [0.5, 0.6) is 0 Å². The van der Waals surface area contributed by atoms with Crippen LogP contribution in [-0.4, -0.2) is 25.1 Å². The van der Waals surface area contributed by atoms with Crippen molar-refractivity contribution in [1.82, 2.24) is 25.1 Å². The topological polar surface area (TPSA) is 68.5 Å². The number of anilines is 1. The van der Waals surface area contributed by atoms with Crippen LogP contribution in [0.2, 0.25) is 5.02 Å². The van der Waals surface area contributed by atoms with Crippen LogP contribution < -0.4 is 5.43 Å². The zero-order valence-corrected chi connectivity index (χ0v) is 12.6. The Balaban J connectivity index is 1.86. The van der Waals surface area contributed by atoms with Crippen molar-refractivity contribution in [2.45, 2.75) is 0 Å². The fourth-order valence-corrected chi connectivity index (χ4v) is 2.51. The number of hydrogen-bond donors (Lipinski definition) is 1. The first-order valence-corrected chi connectivity index (χ1v) is 7.32. The lowest BCUT2D eigenvalue weighted by Crippen LogP contribution is -2.09. The number of benzene rings is 2. The van der Waals surface area contributed by atoms with Gasteiger partial charge in [0, 0.05) is 21.4 Å². The Hall–Kier alpha value is -2.99. The van der Waals surface area contributed by atoms with E-state index in [2.05, 4.69) is 25.8 Å². The van der Waals surface area contributed by atoms with Crippen molar-refractivity contribution >= 4 is 28.2 Å². The third-order valence-electron chi connectivity index (χ3n) is 3.46. The quantitative estimate of drug-likeness (QED) is 0.626. The minimum Gasteiger partial charge on any atom is -0.273 e. The van der Waals surface area contributed by atoms with E-state index in [-0.39, 0.29) is 0 Å². The Bertz CT molecular complexity index is 950. The summed E-state index contributed by atoms with van der Waals surface area (Å²) in [5.74, 6) is 0.637. The molecule has 0 aliphatic carbocycles. The third-order valence-corrected chi connectivity index (χ3v) is 3.71. The smallest absolute Gasteiger partial charge is 0.175 e. The van der Waals surface area contributed by atoms with Gasteiger partial charge in [0.25, 0.3) is 0 Å². The van der Waals surface area contributed by atoms with Crippen LogP contribution in [-0.2, 0) is 0 Å². The van der Waals surface area contributed by atoms with E-state index in [1.165, 1.54) is 0 Å². The Labute approximate surface area is 136 Å². The molecular formula is C16H11ClN6. The largest absolute Gasteiger partial charge is 0.273 e. The van der Waals surface area contributed by atoms with E-state index in [4.69, 9.17) is 11.6 Å². The normalized spacial score (nSPS) is 10.8. The highest BCUT2D eigenvalue weighted by atomic mass is 35.5. The summed E-state index contributed by atoms with van der Waals surface area (Å²) in [6, 6.07) is 15.5. The second kappa shape index (κ2) is 5.66. The van der Waals surface area contributed by atoms with Gasteiger partial charge in [-0.2, -0.15) is 0 Å². The molecule has 0 radical (unpaired) electrons. The van der Waals surface area contributed by atoms with Crippen LogP contribution >= 0.6 is 11.6 Å². The molecule has 2 aromatic carbocycles. The van der Waals surface area contributed by atoms with Crippen molar-refractivity contribution in [1.29, 1.82) is 0 Å². The Kier molecular flexibility index (Phi) is 3.36. The van der Waals surface area contributed by atoms with Gasteiger partial charge in [0.15, 0.2) is 5.82 Å². The van der Waals surface area contributed by atoms with E-state index < -0.39 is 0 Å². The van der Waals surface area contributed by atoms with Gasteiger partial charge in [-0.1, -0.05) is 48.0 Å². The molecule has 2 heterocycles. The van der Waals surface area contributed by atoms with Crippen LogP contribution in [0.3, 0.4) is 0 Å². The van der Waals surface area contributed by atoms with Crippen LogP contribution in [0.4, 0.5) is 5.82 Å².